The maximum Gasteiger partial charge on any atom is 0.322 e. The minimum atomic E-state index is -3.60. The highest BCUT2D eigenvalue weighted by atomic mass is 32.2. The van der Waals surface area contributed by atoms with Crippen molar-refractivity contribution in [2.75, 3.05) is 18.2 Å². The van der Waals surface area contributed by atoms with E-state index in [1.807, 2.05) is 31.2 Å². The lowest BCUT2D eigenvalue weighted by atomic mass is 10.1. The van der Waals surface area contributed by atoms with Crippen LogP contribution in [0.1, 0.15) is 12.0 Å². The molecule has 0 aliphatic carbocycles. The number of methoxy groups -OCH3 is 1. The SMILES string of the molecule is COc1ccc(S(=O)(=O)CCC(=O)Nc2nnc(-c3ccc(C)cc3)o2)cc1. The molecule has 0 unspecified atom stereocenters. The van der Waals surface area contributed by atoms with Gasteiger partial charge in [0.1, 0.15) is 5.75 Å². The number of nitrogens with zero attached hydrogens (tertiary/aromatic N) is 2. The third kappa shape index (κ3) is 4.74. The van der Waals surface area contributed by atoms with Crippen LogP contribution in [0, 0.1) is 6.92 Å². The van der Waals surface area contributed by atoms with Gasteiger partial charge in [0, 0.05) is 12.0 Å². The second-order valence-electron chi connectivity index (χ2n) is 6.07. The number of ether oxygens (including phenoxy) is 1. The predicted octanol–water partition coefficient (Wildman–Crippen LogP) is 2.86. The number of rotatable bonds is 7. The molecule has 3 aromatic rings. The number of benzene rings is 2. The number of anilines is 1. The molecule has 0 fully saturated rings. The molecule has 0 aliphatic heterocycles. The normalized spacial score (nSPS) is 11.2. The van der Waals surface area contributed by atoms with E-state index in [0.717, 1.165) is 11.1 Å². The molecule has 3 rings (SSSR count). The van der Waals surface area contributed by atoms with Crippen molar-refractivity contribution >= 4 is 21.8 Å². The van der Waals surface area contributed by atoms with Crippen LogP contribution in [-0.2, 0) is 14.6 Å². The van der Waals surface area contributed by atoms with Crippen LogP contribution in [0.15, 0.2) is 57.8 Å². The fourth-order valence-electron chi connectivity index (χ4n) is 2.40. The quantitative estimate of drug-likeness (QED) is 0.648. The Bertz CT molecular complexity index is 1060. The molecule has 1 heterocycles. The van der Waals surface area contributed by atoms with Gasteiger partial charge in [0.2, 0.25) is 11.8 Å². The minimum Gasteiger partial charge on any atom is -0.497 e. The molecule has 146 valence electrons. The standard InChI is InChI=1S/C19H19N3O5S/c1-13-3-5-14(6-4-13)18-21-22-19(27-18)20-17(23)11-12-28(24,25)16-9-7-15(26-2)8-10-16/h3-10H,11-12H2,1-2H3,(H,20,22,23). The molecule has 0 saturated carbocycles. The first-order valence-corrected chi connectivity index (χ1v) is 10.1. The molecule has 0 atom stereocenters. The zero-order chi connectivity index (χ0) is 20.1. The molecule has 0 aliphatic rings. The van der Waals surface area contributed by atoms with Crippen LogP contribution >= 0.6 is 0 Å². The van der Waals surface area contributed by atoms with E-state index in [9.17, 15) is 13.2 Å². The zero-order valence-electron chi connectivity index (χ0n) is 15.4. The minimum absolute atomic E-state index is 0.0811. The van der Waals surface area contributed by atoms with E-state index in [1.54, 1.807) is 12.1 Å². The van der Waals surface area contributed by atoms with Crippen molar-refractivity contribution in [1.29, 1.82) is 0 Å². The lowest BCUT2D eigenvalue weighted by molar-refractivity contribution is -0.115. The van der Waals surface area contributed by atoms with E-state index < -0.39 is 15.7 Å². The van der Waals surface area contributed by atoms with Crippen molar-refractivity contribution in [3.63, 3.8) is 0 Å². The van der Waals surface area contributed by atoms with Crippen molar-refractivity contribution in [3.8, 4) is 17.2 Å². The maximum absolute atomic E-state index is 12.3. The highest BCUT2D eigenvalue weighted by Crippen LogP contribution is 2.21. The number of nitrogens with one attached hydrogen (secondary N) is 1. The Labute approximate surface area is 162 Å². The number of hydrogen-bond acceptors (Lipinski definition) is 7. The number of carbonyl (C=O) groups is 1. The van der Waals surface area contributed by atoms with Gasteiger partial charge >= 0.3 is 6.01 Å². The number of carbonyl (C=O) groups excluding carboxylic acids is 1. The zero-order valence-corrected chi connectivity index (χ0v) is 16.2. The maximum atomic E-state index is 12.3. The summed E-state index contributed by atoms with van der Waals surface area (Å²) >= 11 is 0. The third-order valence-corrected chi connectivity index (χ3v) is 5.72. The van der Waals surface area contributed by atoms with Gasteiger partial charge in [0.15, 0.2) is 9.84 Å². The lowest BCUT2D eigenvalue weighted by Crippen LogP contribution is -2.17. The Morgan fingerprint density at radius 2 is 1.75 bits per heavy atom. The molecular formula is C19H19N3O5S. The van der Waals surface area contributed by atoms with Gasteiger partial charge in [-0.15, -0.1) is 5.10 Å². The smallest absolute Gasteiger partial charge is 0.322 e. The second kappa shape index (κ2) is 8.22. The summed E-state index contributed by atoms with van der Waals surface area (Å²) in [6.45, 7) is 1.96. The summed E-state index contributed by atoms with van der Waals surface area (Å²) < 4.78 is 35.1. The lowest BCUT2D eigenvalue weighted by Gasteiger charge is -2.05. The Hall–Kier alpha value is -3.20. The summed E-state index contributed by atoms with van der Waals surface area (Å²) in [6.07, 6.45) is -0.239. The molecule has 2 aromatic carbocycles. The van der Waals surface area contributed by atoms with Gasteiger partial charge in [-0.3, -0.25) is 10.1 Å². The van der Waals surface area contributed by atoms with E-state index in [2.05, 4.69) is 15.5 Å². The van der Waals surface area contributed by atoms with Gasteiger partial charge in [-0.1, -0.05) is 22.8 Å². The second-order valence-corrected chi connectivity index (χ2v) is 8.18. The van der Waals surface area contributed by atoms with Gasteiger partial charge in [0.25, 0.3) is 0 Å². The molecule has 28 heavy (non-hydrogen) atoms. The van der Waals surface area contributed by atoms with Gasteiger partial charge in [0.05, 0.1) is 17.8 Å². The van der Waals surface area contributed by atoms with Crippen LogP contribution in [0.4, 0.5) is 6.01 Å². The Balaban J connectivity index is 1.59. The summed E-state index contributed by atoms with van der Waals surface area (Å²) in [6, 6.07) is 13.4. The first-order chi connectivity index (χ1) is 13.4. The third-order valence-electron chi connectivity index (χ3n) is 3.99. The molecule has 1 amide bonds. The number of hydrogen-bond donors (Lipinski definition) is 1. The fourth-order valence-corrected chi connectivity index (χ4v) is 3.64. The number of sulfone groups is 1. The van der Waals surface area contributed by atoms with Crippen LogP contribution in [0.25, 0.3) is 11.5 Å². The molecular weight excluding hydrogens is 382 g/mol. The van der Waals surface area contributed by atoms with E-state index in [4.69, 9.17) is 9.15 Å². The summed E-state index contributed by atoms with van der Waals surface area (Å²) in [5.74, 6) is -0.0563. The first kappa shape index (κ1) is 19.6. The van der Waals surface area contributed by atoms with E-state index in [-0.39, 0.29) is 29.0 Å². The van der Waals surface area contributed by atoms with Crippen molar-refractivity contribution in [2.24, 2.45) is 0 Å². The van der Waals surface area contributed by atoms with E-state index in [1.165, 1.54) is 19.2 Å². The van der Waals surface area contributed by atoms with Crippen LogP contribution in [0.2, 0.25) is 0 Å². The highest BCUT2D eigenvalue weighted by Gasteiger charge is 2.18. The average molecular weight is 401 g/mol. The van der Waals surface area contributed by atoms with Crippen molar-refractivity contribution in [2.45, 2.75) is 18.2 Å². The first-order valence-electron chi connectivity index (χ1n) is 8.44. The molecule has 1 N–H and O–H groups in total. The summed E-state index contributed by atoms with van der Waals surface area (Å²) in [5.41, 5.74) is 1.82. The molecule has 0 saturated heterocycles. The van der Waals surface area contributed by atoms with Crippen LogP contribution in [0.5, 0.6) is 5.75 Å². The summed E-state index contributed by atoms with van der Waals surface area (Å²) in [7, 11) is -2.10. The Kier molecular flexibility index (Phi) is 5.74. The van der Waals surface area contributed by atoms with E-state index in [0.29, 0.717) is 5.75 Å². The van der Waals surface area contributed by atoms with Crippen molar-refractivity contribution in [1.82, 2.24) is 10.2 Å². The van der Waals surface area contributed by atoms with E-state index >= 15 is 0 Å². The Morgan fingerprint density at radius 3 is 2.39 bits per heavy atom. The molecule has 8 nitrogen and oxygen atoms in total. The van der Waals surface area contributed by atoms with Crippen LogP contribution in [0.3, 0.4) is 0 Å². The highest BCUT2D eigenvalue weighted by molar-refractivity contribution is 7.91. The number of amides is 1. The number of aryl methyl sites for hydroxylation is 1. The fraction of sp³-hybridized carbons (Fsp3) is 0.211. The van der Waals surface area contributed by atoms with Crippen LogP contribution in [-0.4, -0.2) is 37.4 Å². The van der Waals surface area contributed by atoms with Gasteiger partial charge in [-0.05, 0) is 43.3 Å². The molecule has 9 heteroatoms. The van der Waals surface area contributed by atoms with Crippen LogP contribution < -0.4 is 10.1 Å². The topological polar surface area (TPSA) is 111 Å². The Morgan fingerprint density at radius 1 is 1.07 bits per heavy atom. The molecule has 0 bridgehead atoms. The van der Waals surface area contributed by atoms with Gasteiger partial charge < -0.3 is 9.15 Å². The van der Waals surface area contributed by atoms with Gasteiger partial charge in [-0.2, -0.15) is 0 Å². The molecule has 1 aromatic heterocycles. The molecule has 0 spiro atoms. The molecule has 0 radical (unpaired) electrons. The average Bonchev–Trinajstić information content (AvgIpc) is 3.15. The van der Waals surface area contributed by atoms with Crippen molar-refractivity contribution in [3.05, 3.63) is 54.1 Å². The summed E-state index contributed by atoms with van der Waals surface area (Å²) in [4.78, 5) is 12.2. The van der Waals surface area contributed by atoms with Crippen molar-refractivity contribution < 1.29 is 22.4 Å². The predicted molar refractivity (Wildman–Crippen MR) is 103 cm³/mol. The largest absolute Gasteiger partial charge is 0.497 e. The summed E-state index contributed by atoms with van der Waals surface area (Å²) in [5, 5.41) is 10.1. The monoisotopic (exact) mass is 401 g/mol. The van der Waals surface area contributed by atoms with Gasteiger partial charge in [-0.25, -0.2) is 8.42 Å². The number of aromatic nitrogens is 2.